The van der Waals surface area contributed by atoms with Gasteiger partial charge >= 0.3 is 17.9 Å². The Morgan fingerprint density at radius 2 is 0.519 bits per heavy atom. The molecule has 0 aliphatic heterocycles. The molecule has 77 heavy (non-hydrogen) atoms. The molecule has 0 fully saturated rings. The first-order valence-electron chi connectivity index (χ1n) is 30.6. The van der Waals surface area contributed by atoms with E-state index in [1.165, 1.54) is 25.7 Å². The summed E-state index contributed by atoms with van der Waals surface area (Å²) in [5.41, 5.74) is 0. The van der Waals surface area contributed by atoms with Crippen molar-refractivity contribution in [2.45, 2.75) is 245 Å². The van der Waals surface area contributed by atoms with Crippen LogP contribution >= 0.6 is 0 Å². The summed E-state index contributed by atoms with van der Waals surface area (Å²) >= 11 is 0. The molecule has 0 bridgehead atoms. The number of unbranched alkanes of at least 4 members (excludes halogenated alkanes) is 14. The van der Waals surface area contributed by atoms with Gasteiger partial charge in [-0.3, -0.25) is 14.4 Å². The first kappa shape index (κ1) is 71.8. The standard InChI is InChI=1S/C71H110O6/c1-4-7-10-13-16-19-22-25-27-29-30-31-32-33-34-35-36-37-38-39-40-42-43-46-49-52-55-58-61-64-70(73)76-67-68(66-75-69(72)63-60-57-54-51-48-45-24-21-18-15-12-9-6-3)77-71(74)65-62-59-56-53-50-47-44-41-28-26-23-20-17-14-11-8-5-2/h7-8,10-12,15-17,19-21,24-28,30-31,33-34,36-37,39-40,43,46,52,55,68H,4-6,9,13-14,18,22-23,29,32,35,38,41-42,44-45,47-51,53-54,56-67H2,1-3H3/b10-7-,11-8-,15-12-,19-16-,20-17-,24-21-,27-25-,28-26-,31-30-,34-33-,37-36-,40-39-,46-43-,55-52-. The summed E-state index contributed by atoms with van der Waals surface area (Å²) in [5.74, 6) is -1.01. The Balaban J connectivity index is 4.48. The van der Waals surface area contributed by atoms with Gasteiger partial charge in [-0.25, -0.2) is 0 Å². The molecule has 6 nitrogen and oxygen atoms in total. The number of ether oxygens (including phenoxy) is 3. The van der Waals surface area contributed by atoms with E-state index in [-0.39, 0.29) is 37.5 Å². The second kappa shape index (κ2) is 63.3. The van der Waals surface area contributed by atoms with Crippen molar-refractivity contribution in [1.29, 1.82) is 0 Å². The molecular weight excluding hydrogens is 949 g/mol. The minimum absolute atomic E-state index is 0.115. The molecule has 1 atom stereocenters. The number of hydrogen-bond donors (Lipinski definition) is 0. The summed E-state index contributed by atoms with van der Waals surface area (Å²) < 4.78 is 16.8. The zero-order valence-electron chi connectivity index (χ0n) is 49.1. The van der Waals surface area contributed by atoms with E-state index >= 15 is 0 Å². The lowest BCUT2D eigenvalue weighted by atomic mass is 10.1. The fourth-order valence-corrected chi connectivity index (χ4v) is 7.67. The van der Waals surface area contributed by atoms with Gasteiger partial charge in [0.05, 0.1) is 0 Å². The van der Waals surface area contributed by atoms with Crippen LogP contribution < -0.4 is 0 Å². The molecule has 6 heteroatoms. The van der Waals surface area contributed by atoms with Gasteiger partial charge < -0.3 is 14.2 Å². The summed E-state index contributed by atoms with van der Waals surface area (Å²) in [6.07, 6.45) is 93.6. The maximum Gasteiger partial charge on any atom is 0.306 e. The predicted octanol–water partition coefficient (Wildman–Crippen LogP) is 21.1. The van der Waals surface area contributed by atoms with Gasteiger partial charge in [0.1, 0.15) is 13.2 Å². The topological polar surface area (TPSA) is 78.9 Å². The molecule has 0 aromatic rings. The summed E-state index contributed by atoms with van der Waals surface area (Å²) in [4.78, 5) is 38.2. The number of hydrogen-bond acceptors (Lipinski definition) is 6. The molecule has 0 N–H and O–H groups in total. The van der Waals surface area contributed by atoms with Gasteiger partial charge in [0.2, 0.25) is 0 Å². The smallest absolute Gasteiger partial charge is 0.306 e. The Hall–Kier alpha value is -5.23. The molecule has 0 spiro atoms. The maximum absolute atomic E-state index is 12.9. The van der Waals surface area contributed by atoms with Crippen molar-refractivity contribution in [3.63, 3.8) is 0 Å². The molecule has 0 heterocycles. The summed E-state index contributed by atoms with van der Waals surface area (Å²) in [6.45, 7) is 6.27. The summed E-state index contributed by atoms with van der Waals surface area (Å²) in [7, 11) is 0. The zero-order chi connectivity index (χ0) is 55.7. The van der Waals surface area contributed by atoms with Crippen LogP contribution in [0.2, 0.25) is 0 Å². The Morgan fingerprint density at radius 1 is 0.273 bits per heavy atom. The van der Waals surface area contributed by atoms with Crippen molar-refractivity contribution in [1.82, 2.24) is 0 Å². The lowest BCUT2D eigenvalue weighted by Gasteiger charge is -2.18. The molecule has 0 aliphatic rings. The van der Waals surface area contributed by atoms with Crippen LogP contribution in [0.3, 0.4) is 0 Å². The SMILES string of the molecule is CC/C=C\C/C=C\C/C=C\C/C=C\C/C=C\C/C=C\C/C=C\C/C=C\C/C=C\CCCC(=O)OCC(COC(=O)CCCCCCC/C=C\C/C=C\CCC)OC(=O)CCCCCCCCC/C=C\C/C=C\C/C=C\CC. The van der Waals surface area contributed by atoms with Gasteiger partial charge in [0, 0.05) is 19.3 Å². The second-order valence-corrected chi connectivity index (χ2v) is 19.5. The highest BCUT2D eigenvalue weighted by Gasteiger charge is 2.19. The van der Waals surface area contributed by atoms with Crippen LogP contribution in [0.5, 0.6) is 0 Å². The van der Waals surface area contributed by atoms with E-state index in [4.69, 9.17) is 14.2 Å². The number of esters is 3. The van der Waals surface area contributed by atoms with E-state index in [1.807, 2.05) is 0 Å². The van der Waals surface area contributed by atoms with Crippen molar-refractivity contribution >= 4 is 17.9 Å². The average molecular weight is 1060 g/mol. The normalized spacial score (nSPS) is 13.3. The van der Waals surface area contributed by atoms with Crippen LogP contribution in [0.25, 0.3) is 0 Å². The Morgan fingerprint density at radius 3 is 0.844 bits per heavy atom. The van der Waals surface area contributed by atoms with Gasteiger partial charge in [0.15, 0.2) is 6.10 Å². The number of carbonyl (C=O) groups is 3. The van der Waals surface area contributed by atoms with Crippen molar-refractivity contribution < 1.29 is 28.6 Å². The third-order valence-corrected chi connectivity index (χ3v) is 12.2. The lowest BCUT2D eigenvalue weighted by molar-refractivity contribution is -0.167. The van der Waals surface area contributed by atoms with E-state index in [1.54, 1.807) is 0 Å². The highest BCUT2D eigenvalue weighted by Crippen LogP contribution is 2.13. The molecule has 0 rings (SSSR count). The number of rotatable bonds is 53. The quantitative estimate of drug-likeness (QED) is 0.0261. The molecule has 430 valence electrons. The largest absolute Gasteiger partial charge is 0.462 e. The van der Waals surface area contributed by atoms with Crippen LogP contribution in [0.15, 0.2) is 170 Å². The van der Waals surface area contributed by atoms with Gasteiger partial charge in [-0.15, -0.1) is 0 Å². The van der Waals surface area contributed by atoms with E-state index in [0.29, 0.717) is 19.3 Å². The highest BCUT2D eigenvalue weighted by molar-refractivity contribution is 5.71. The van der Waals surface area contributed by atoms with Crippen LogP contribution in [0.4, 0.5) is 0 Å². The van der Waals surface area contributed by atoms with E-state index < -0.39 is 6.10 Å². The molecule has 0 aromatic heterocycles. The molecular formula is C71H110O6. The predicted molar refractivity (Wildman–Crippen MR) is 334 cm³/mol. The van der Waals surface area contributed by atoms with Crippen molar-refractivity contribution in [3.05, 3.63) is 170 Å². The molecule has 0 amide bonds. The first-order chi connectivity index (χ1) is 38.0. The highest BCUT2D eigenvalue weighted by atomic mass is 16.6. The summed E-state index contributed by atoms with van der Waals surface area (Å²) in [5, 5.41) is 0. The van der Waals surface area contributed by atoms with Crippen molar-refractivity contribution in [3.8, 4) is 0 Å². The van der Waals surface area contributed by atoms with Crippen LogP contribution in [0, 0.1) is 0 Å². The average Bonchev–Trinajstić information content (AvgIpc) is 3.43. The Kier molecular flexibility index (Phi) is 59.0. The van der Waals surface area contributed by atoms with Crippen molar-refractivity contribution in [2.24, 2.45) is 0 Å². The lowest BCUT2D eigenvalue weighted by Crippen LogP contribution is -2.30. The third-order valence-electron chi connectivity index (χ3n) is 12.2. The fourth-order valence-electron chi connectivity index (χ4n) is 7.67. The van der Waals surface area contributed by atoms with Gasteiger partial charge in [-0.2, -0.15) is 0 Å². The number of carbonyl (C=O) groups excluding carboxylic acids is 3. The Labute approximate surface area is 472 Å². The van der Waals surface area contributed by atoms with E-state index in [0.717, 1.165) is 167 Å². The van der Waals surface area contributed by atoms with E-state index in [2.05, 4.69) is 191 Å². The monoisotopic (exact) mass is 1060 g/mol. The van der Waals surface area contributed by atoms with Gasteiger partial charge in [0.25, 0.3) is 0 Å². The van der Waals surface area contributed by atoms with Crippen molar-refractivity contribution in [2.75, 3.05) is 13.2 Å². The van der Waals surface area contributed by atoms with Gasteiger partial charge in [-0.1, -0.05) is 249 Å². The maximum atomic E-state index is 12.9. The molecule has 0 radical (unpaired) electrons. The molecule has 0 saturated carbocycles. The third kappa shape index (κ3) is 61.5. The zero-order valence-corrected chi connectivity index (χ0v) is 49.1. The molecule has 1 unspecified atom stereocenters. The van der Waals surface area contributed by atoms with Crippen LogP contribution in [-0.4, -0.2) is 37.2 Å². The minimum Gasteiger partial charge on any atom is -0.462 e. The van der Waals surface area contributed by atoms with E-state index in [9.17, 15) is 14.4 Å². The second-order valence-electron chi connectivity index (χ2n) is 19.5. The minimum atomic E-state index is -0.822. The Bertz CT molecular complexity index is 1790. The van der Waals surface area contributed by atoms with Crippen LogP contribution in [-0.2, 0) is 28.6 Å². The van der Waals surface area contributed by atoms with Crippen LogP contribution in [0.1, 0.15) is 239 Å². The summed E-state index contributed by atoms with van der Waals surface area (Å²) in [6, 6.07) is 0. The number of allylic oxidation sites excluding steroid dienone is 28. The molecule has 0 aliphatic carbocycles. The first-order valence-corrected chi connectivity index (χ1v) is 30.6. The van der Waals surface area contributed by atoms with Gasteiger partial charge in [-0.05, 0) is 141 Å². The molecule has 0 saturated heterocycles. The fraction of sp³-hybridized carbons (Fsp3) is 0.563. The molecule has 0 aromatic carbocycles.